The van der Waals surface area contributed by atoms with Crippen molar-refractivity contribution in [3.05, 3.63) is 0 Å². The molecule has 1 amide bonds. The number of likely N-dealkylation sites (N-methyl/N-ethyl adjacent to an activating group) is 1. The van der Waals surface area contributed by atoms with Crippen LogP contribution in [0.5, 0.6) is 0 Å². The van der Waals surface area contributed by atoms with Crippen molar-refractivity contribution < 1.29 is 14.3 Å². The van der Waals surface area contributed by atoms with Crippen LogP contribution in [0.1, 0.15) is 19.3 Å². The molecule has 0 aliphatic rings. The van der Waals surface area contributed by atoms with Crippen LogP contribution in [0.4, 0.5) is 0 Å². The number of methoxy groups -OCH3 is 1. The Kier molecular flexibility index (Phi) is 8.89. The monoisotopic (exact) mass is 262 g/mol. The Morgan fingerprint density at radius 3 is 2.65 bits per heavy atom. The first-order chi connectivity index (χ1) is 8.02. The van der Waals surface area contributed by atoms with E-state index in [4.69, 9.17) is 5.73 Å². The Balaban J connectivity index is 3.84. The van der Waals surface area contributed by atoms with Crippen LogP contribution in [-0.2, 0) is 14.3 Å². The van der Waals surface area contributed by atoms with Crippen LogP contribution in [-0.4, -0.2) is 55.5 Å². The Bertz CT molecular complexity index is 249. The highest BCUT2D eigenvalue weighted by atomic mass is 32.2. The van der Waals surface area contributed by atoms with Crippen molar-refractivity contribution in [3.8, 4) is 0 Å². The zero-order chi connectivity index (χ0) is 13.3. The second-order valence-electron chi connectivity index (χ2n) is 3.83. The summed E-state index contributed by atoms with van der Waals surface area (Å²) in [5, 5.41) is 0. The van der Waals surface area contributed by atoms with Crippen LogP contribution in [0.15, 0.2) is 0 Å². The summed E-state index contributed by atoms with van der Waals surface area (Å²) in [6, 6.07) is -0.439. The number of carbonyl (C=O) groups excluding carboxylic acids is 2. The molecule has 0 aromatic carbocycles. The molecule has 0 heterocycles. The first-order valence-electron chi connectivity index (χ1n) is 5.59. The fourth-order valence-corrected chi connectivity index (χ4v) is 1.81. The quantitative estimate of drug-likeness (QED) is 0.644. The average molecular weight is 262 g/mol. The summed E-state index contributed by atoms with van der Waals surface area (Å²) < 4.78 is 4.52. The molecule has 1 atom stereocenters. The van der Waals surface area contributed by atoms with Gasteiger partial charge >= 0.3 is 5.97 Å². The molecule has 0 aromatic rings. The van der Waals surface area contributed by atoms with Crippen molar-refractivity contribution in [3.63, 3.8) is 0 Å². The number of hydrogen-bond acceptors (Lipinski definition) is 5. The van der Waals surface area contributed by atoms with E-state index in [-0.39, 0.29) is 11.9 Å². The minimum atomic E-state index is -0.439. The molecule has 0 saturated carbocycles. The molecule has 0 aromatic heterocycles. The number of hydrogen-bond donors (Lipinski definition) is 1. The molecule has 0 saturated heterocycles. The van der Waals surface area contributed by atoms with E-state index in [1.165, 1.54) is 7.11 Å². The van der Waals surface area contributed by atoms with Crippen molar-refractivity contribution in [2.24, 2.45) is 5.73 Å². The van der Waals surface area contributed by atoms with Gasteiger partial charge in [0.05, 0.1) is 13.2 Å². The standard InChI is InChI=1S/C11H22N2O3S/c1-13(7-4-5-10(14)16-2)11(15)9(12)6-8-17-3/h9H,4-8,12H2,1-3H3/t9-/m1/s1. The Labute approximate surface area is 107 Å². The minimum absolute atomic E-state index is 0.0658. The van der Waals surface area contributed by atoms with Gasteiger partial charge in [-0.25, -0.2) is 0 Å². The largest absolute Gasteiger partial charge is 0.469 e. The molecular weight excluding hydrogens is 240 g/mol. The molecule has 0 spiro atoms. The molecule has 0 aliphatic carbocycles. The smallest absolute Gasteiger partial charge is 0.305 e. The van der Waals surface area contributed by atoms with Crippen molar-refractivity contribution in [2.45, 2.75) is 25.3 Å². The fourth-order valence-electron chi connectivity index (χ4n) is 1.32. The maximum absolute atomic E-state index is 11.8. The Morgan fingerprint density at radius 1 is 1.47 bits per heavy atom. The molecule has 0 rings (SSSR count). The predicted molar refractivity (Wildman–Crippen MR) is 69.9 cm³/mol. The van der Waals surface area contributed by atoms with Gasteiger partial charge in [0.1, 0.15) is 0 Å². The van der Waals surface area contributed by atoms with E-state index in [1.54, 1.807) is 23.7 Å². The van der Waals surface area contributed by atoms with E-state index in [0.29, 0.717) is 25.8 Å². The molecule has 5 nitrogen and oxygen atoms in total. The molecule has 0 radical (unpaired) electrons. The van der Waals surface area contributed by atoms with Crippen LogP contribution >= 0.6 is 11.8 Å². The summed E-state index contributed by atoms with van der Waals surface area (Å²) in [5.41, 5.74) is 5.77. The first-order valence-corrected chi connectivity index (χ1v) is 6.98. The van der Waals surface area contributed by atoms with E-state index in [1.807, 2.05) is 6.26 Å². The summed E-state index contributed by atoms with van der Waals surface area (Å²) in [7, 11) is 3.06. The Morgan fingerprint density at radius 2 is 2.12 bits per heavy atom. The van der Waals surface area contributed by atoms with Gasteiger partial charge in [-0.15, -0.1) is 0 Å². The lowest BCUT2D eigenvalue weighted by Gasteiger charge is -2.20. The maximum Gasteiger partial charge on any atom is 0.305 e. The third-order valence-corrected chi connectivity index (χ3v) is 3.07. The van der Waals surface area contributed by atoms with Gasteiger partial charge in [0.15, 0.2) is 0 Å². The van der Waals surface area contributed by atoms with E-state index < -0.39 is 6.04 Å². The van der Waals surface area contributed by atoms with Crippen LogP contribution in [0.2, 0.25) is 0 Å². The summed E-state index contributed by atoms with van der Waals surface area (Å²) in [6.07, 6.45) is 3.59. The second-order valence-corrected chi connectivity index (χ2v) is 4.81. The van der Waals surface area contributed by atoms with Gasteiger partial charge in [-0.1, -0.05) is 0 Å². The van der Waals surface area contributed by atoms with Gasteiger partial charge in [0.25, 0.3) is 0 Å². The number of thioether (sulfide) groups is 1. The highest BCUT2D eigenvalue weighted by molar-refractivity contribution is 7.98. The first kappa shape index (κ1) is 16.2. The third kappa shape index (κ3) is 7.23. The van der Waals surface area contributed by atoms with Crippen LogP contribution in [0.3, 0.4) is 0 Å². The summed E-state index contributed by atoms with van der Waals surface area (Å²) in [4.78, 5) is 24.2. The zero-order valence-electron chi connectivity index (χ0n) is 10.8. The number of ether oxygens (including phenoxy) is 1. The highest BCUT2D eigenvalue weighted by Gasteiger charge is 2.17. The molecule has 0 aliphatic heterocycles. The van der Waals surface area contributed by atoms with Crippen molar-refractivity contribution in [1.82, 2.24) is 4.90 Å². The van der Waals surface area contributed by atoms with Gasteiger partial charge in [0, 0.05) is 20.0 Å². The molecule has 100 valence electrons. The summed E-state index contributed by atoms with van der Waals surface area (Å²) in [5.74, 6) is 0.560. The molecule has 0 bridgehead atoms. The molecule has 0 fully saturated rings. The average Bonchev–Trinajstić information content (AvgIpc) is 2.34. The van der Waals surface area contributed by atoms with E-state index in [9.17, 15) is 9.59 Å². The zero-order valence-corrected chi connectivity index (χ0v) is 11.6. The predicted octanol–water partition coefficient (Wildman–Crippen LogP) is 0.478. The van der Waals surface area contributed by atoms with Crippen LogP contribution < -0.4 is 5.73 Å². The van der Waals surface area contributed by atoms with E-state index in [2.05, 4.69) is 4.74 Å². The lowest BCUT2D eigenvalue weighted by molar-refractivity contribution is -0.141. The van der Waals surface area contributed by atoms with Gasteiger partial charge in [-0.3, -0.25) is 9.59 Å². The van der Waals surface area contributed by atoms with E-state index >= 15 is 0 Å². The van der Waals surface area contributed by atoms with Gasteiger partial charge in [-0.05, 0) is 24.9 Å². The summed E-state index contributed by atoms with van der Waals surface area (Å²) >= 11 is 1.67. The molecule has 2 N–H and O–H groups in total. The molecular formula is C11H22N2O3S. The SMILES string of the molecule is COC(=O)CCCN(C)C(=O)[C@H](N)CCSC. The molecule has 0 unspecified atom stereocenters. The number of rotatable bonds is 8. The second kappa shape index (κ2) is 9.30. The van der Waals surface area contributed by atoms with Crippen molar-refractivity contribution >= 4 is 23.6 Å². The van der Waals surface area contributed by atoms with Crippen LogP contribution in [0, 0.1) is 0 Å². The third-order valence-electron chi connectivity index (χ3n) is 2.43. The minimum Gasteiger partial charge on any atom is -0.469 e. The lowest BCUT2D eigenvalue weighted by Crippen LogP contribution is -2.42. The lowest BCUT2D eigenvalue weighted by atomic mass is 10.2. The molecule has 17 heavy (non-hydrogen) atoms. The van der Waals surface area contributed by atoms with Gasteiger partial charge in [0.2, 0.25) is 5.91 Å². The van der Waals surface area contributed by atoms with E-state index in [0.717, 1.165) is 5.75 Å². The van der Waals surface area contributed by atoms with Gasteiger partial charge in [-0.2, -0.15) is 11.8 Å². The fraction of sp³-hybridized carbons (Fsp3) is 0.818. The maximum atomic E-state index is 11.8. The normalized spacial score (nSPS) is 12.0. The summed E-state index contributed by atoms with van der Waals surface area (Å²) in [6.45, 7) is 0.529. The number of carbonyl (C=O) groups is 2. The number of nitrogens with two attached hydrogens (primary N) is 1. The number of esters is 1. The number of amides is 1. The number of nitrogens with zero attached hydrogens (tertiary/aromatic N) is 1. The van der Waals surface area contributed by atoms with Gasteiger partial charge < -0.3 is 15.4 Å². The topological polar surface area (TPSA) is 72.6 Å². The van der Waals surface area contributed by atoms with Crippen molar-refractivity contribution in [2.75, 3.05) is 32.7 Å². The Hall–Kier alpha value is -0.750. The molecule has 6 heteroatoms. The highest BCUT2D eigenvalue weighted by Crippen LogP contribution is 2.03. The van der Waals surface area contributed by atoms with Crippen LogP contribution in [0.25, 0.3) is 0 Å². The van der Waals surface area contributed by atoms with Crippen molar-refractivity contribution in [1.29, 1.82) is 0 Å².